The summed E-state index contributed by atoms with van der Waals surface area (Å²) in [6.45, 7) is 3.63. The lowest BCUT2D eigenvalue weighted by molar-refractivity contribution is 0.0601. The van der Waals surface area contributed by atoms with Crippen LogP contribution >= 0.6 is 0 Å². The molecule has 3 rings (SSSR count). The quantitative estimate of drug-likeness (QED) is 0.795. The number of carbonyl (C=O) groups is 1. The maximum absolute atomic E-state index is 11.7. The van der Waals surface area contributed by atoms with E-state index in [-0.39, 0.29) is 12.0 Å². The molecular formula is C17H23N3O3. The van der Waals surface area contributed by atoms with E-state index in [2.05, 4.69) is 21.8 Å². The van der Waals surface area contributed by atoms with Gasteiger partial charge < -0.3 is 19.4 Å². The average molecular weight is 317 g/mol. The zero-order valence-electron chi connectivity index (χ0n) is 13.8. The summed E-state index contributed by atoms with van der Waals surface area (Å²) in [6.07, 6.45) is 2.54. The number of ether oxygens (including phenoxy) is 2. The minimum Gasteiger partial charge on any atom is -0.465 e. The summed E-state index contributed by atoms with van der Waals surface area (Å²) in [6, 6.07) is 5.69. The van der Waals surface area contributed by atoms with Gasteiger partial charge in [0.1, 0.15) is 0 Å². The van der Waals surface area contributed by atoms with E-state index in [1.165, 1.54) is 20.0 Å². The van der Waals surface area contributed by atoms with Gasteiger partial charge in [0, 0.05) is 19.7 Å². The molecule has 1 N–H and O–H groups in total. The maximum atomic E-state index is 11.7. The Morgan fingerprint density at radius 2 is 2.22 bits per heavy atom. The Labute approximate surface area is 135 Å². The van der Waals surface area contributed by atoms with Crippen molar-refractivity contribution in [2.45, 2.75) is 32.4 Å². The monoisotopic (exact) mass is 317 g/mol. The van der Waals surface area contributed by atoms with Crippen LogP contribution in [0.2, 0.25) is 0 Å². The van der Waals surface area contributed by atoms with Crippen molar-refractivity contribution in [1.29, 1.82) is 0 Å². The summed E-state index contributed by atoms with van der Waals surface area (Å²) in [5, 5.41) is 3.41. The van der Waals surface area contributed by atoms with Gasteiger partial charge in [-0.15, -0.1) is 0 Å². The van der Waals surface area contributed by atoms with E-state index in [0.717, 1.165) is 29.4 Å². The first-order valence-corrected chi connectivity index (χ1v) is 7.96. The normalized spacial score (nSPS) is 15.6. The summed E-state index contributed by atoms with van der Waals surface area (Å²) in [5.41, 5.74) is 2.37. The number of methoxy groups -OCH3 is 2. The molecule has 1 fully saturated rings. The van der Waals surface area contributed by atoms with Gasteiger partial charge in [0.05, 0.1) is 30.3 Å². The molecule has 6 heteroatoms. The molecule has 23 heavy (non-hydrogen) atoms. The van der Waals surface area contributed by atoms with Crippen LogP contribution in [0.5, 0.6) is 0 Å². The first-order chi connectivity index (χ1) is 11.1. The van der Waals surface area contributed by atoms with Crippen LogP contribution in [0.25, 0.3) is 11.0 Å². The minimum atomic E-state index is -0.342. The molecule has 0 bridgehead atoms. The fourth-order valence-electron chi connectivity index (χ4n) is 2.74. The lowest BCUT2D eigenvalue weighted by Gasteiger charge is -2.15. The predicted molar refractivity (Wildman–Crippen MR) is 88.8 cm³/mol. The van der Waals surface area contributed by atoms with Crippen LogP contribution in [0.3, 0.4) is 0 Å². The van der Waals surface area contributed by atoms with Crippen molar-refractivity contribution in [3.05, 3.63) is 23.8 Å². The zero-order chi connectivity index (χ0) is 16.4. The standard InChI is InChI=1S/C17H23N3O3/c1-11(10-22-2)18-17-19-14-8-13(16(21)23-3)6-7-15(14)20(17)9-12-4-5-12/h6-8,11-12H,4-5,9-10H2,1-3H3,(H,18,19)/t11-/m0/s1. The molecule has 0 amide bonds. The summed E-state index contributed by atoms with van der Waals surface area (Å²) >= 11 is 0. The Kier molecular flexibility index (Phi) is 4.52. The van der Waals surface area contributed by atoms with E-state index in [1.54, 1.807) is 19.2 Å². The van der Waals surface area contributed by atoms with E-state index >= 15 is 0 Å². The van der Waals surface area contributed by atoms with Gasteiger partial charge >= 0.3 is 5.97 Å². The molecule has 0 aliphatic heterocycles. The second-order valence-electron chi connectivity index (χ2n) is 6.19. The second-order valence-corrected chi connectivity index (χ2v) is 6.19. The van der Waals surface area contributed by atoms with Crippen LogP contribution < -0.4 is 5.32 Å². The van der Waals surface area contributed by atoms with Gasteiger partial charge in [0.15, 0.2) is 0 Å². The fraction of sp³-hybridized carbons (Fsp3) is 0.529. The lowest BCUT2D eigenvalue weighted by atomic mass is 10.2. The number of rotatable bonds is 7. The highest BCUT2D eigenvalue weighted by molar-refractivity contribution is 5.94. The molecule has 0 spiro atoms. The van der Waals surface area contributed by atoms with Crippen molar-refractivity contribution in [2.24, 2.45) is 5.92 Å². The Bertz CT molecular complexity index is 706. The number of carbonyl (C=O) groups excluding carboxylic acids is 1. The summed E-state index contributed by atoms with van der Waals surface area (Å²) in [4.78, 5) is 16.4. The third-order valence-corrected chi connectivity index (χ3v) is 4.10. The lowest BCUT2D eigenvalue weighted by Crippen LogP contribution is -2.23. The van der Waals surface area contributed by atoms with E-state index in [1.807, 2.05) is 6.07 Å². The van der Waals surface area contributed by atoms with Gasteiger partial charge in [-0.2, -0.15) is 0 Å². The van der Waals surface area contributed by atoms with E-state index in [9.17, 15) is 4.79 Å². The van der Waals surface area contributed by atoms with Crippen LogP contribution in [0.1, 0.15) is 30.1 Å². The number of benzene rings is 1. The number of nitrogens with zero attached hydrogens (tertiary/aromatic N) is 2. The third kappa shape index (κ3) is 3.47. The number of hydrogen-bond donors (Lipinski definition) is 1. The Hall–Kier alpha value is -2.08. The van der Waals surface area contributed by atoms with Crippen molar-refractivity contribution in [1.82, 2.24) is 9.55 Å². The first-order valence-electron chi connectivity index (χ1n) is 7.96. The molecule has 1 aliphatic carbocycles. The first kappa shape index (κ1) is 15.8. The van der Waals surface area contributed by atoms with Gasteiger partial charge in [0.2, 0.25) is 5.95 Å². The molecule has 2 aromatic rings. The van der Waals surface area contributed by atoms with Crippen molar-refractivity contribution in [2.75, 3.05) is 26.1 Å². The fourth-order valence-corrected chi connectivity index (χ4v) is 2.74. The summed E-state index contributed by atoms with van der Waals surface area (Å²) in [7, 11) is 3.08. The van der Waals surface area contributed by atoms with Crippen molar-refractivity contribution < 1.29 is 14.3 Å². The molecule has 0 unspecified atom stereocenters. The highest BCUT2D eigenvalue weighted by Crippen LogP contribution is 2.33. The van der Waals surface area contributed by atoms with Crippen LogP contribution in [-0.4, -0.2) is 42.4 Å². The molecule has 1 aromatic carbocycles. The Morgan fingerprint density at radius 1 is 1.43 bits per heavy atom. The number of fused-ring (bicyclic) bond motifs is 1. The van der Waals surface area contributed by atoms with Crippen LogP contribution in [0.15, 0.2) is 18.2 Å². The summed E-state index contributed by atoms with van der Waals surface area (Å²) < 4.78 is 12.2. The zero-order valence-corrected chi connectivity index (χ0v) is 13.8. The molecule has 6 nitrogen and oxygen atoms in total. The Balaban J connectivity index is 1.96. The van der Waals surface area contributed by atoms with Crippen molar-refractivity contribution in [3.63, 3.8) is 0 Å². The number of anilines is 1. The van der Waals surface area contributed by atoms with Gasteiger partial charge in [-0.1, -0.05) is 0 Å². The average Bonchev–Trinajstić information content (AvgIpc) is 3.29. The minimum absolute atomic E-state index is 0.162. The highest BCUT2D eigenvalue weighted by Gasteiger charge is 2.25. The number of imidazole rings is 1. The Morgan fingerprint density at radius 3 is 2.87 bits per heavy atom. The van der Waals surface area contributed by atoms with Crippen LogP contribution in [0.4, 0.5) is 5.95 Å². The molecule has 1 saturated carbocycles. The highest BCUT2D eigenvalue weighted by atomic mass is 16.5. The van der Waals surface area contributed by atoms with E-state index in [0.29, 0.717) is 12.2 Å². The number of esters is 1. The smallest absolute Gasteiger partial charge is 0.337 e. The largest absolute Gasteiger partial charge is 0.465 e. The maximum Gasteiger partial charge on any atom is 0.337 e. The second kappa shape index (κ2) is 6.58. The topological polar surface area (TPSA) is 65.4 Å². The van der Waals surface area contributed by atoms with Crippen LogP contribution in [-0.2, 0) is 16.0 Å². The number of hydrogen-bond acceptors (Lipinski definition) is 5. The van der Waals surface area contributed by atoms with Gasteiger partial charge in [-0.05, 0) is 43.9 Å². The third-order valence-electron chi connectivity index (χ3n) is 4.10. The molecule has 1 aliphatic rings. The van der Waals surface area contributed by atoms with Crippen molar-refractivity contribution in [3.8, 4) is 0 Å². The van der Waals surface area contributed by atoms with Gasteiger partial charge in [0.25, 0.3) is 0 Å². The summed E-state index contributed by atoms with van der Waals surface area (Å²) in [5.74, 6) is 1.22. The molecule has 1 aromatic heterocycles. The van der Waals surface area contributed by atoms with Gasteiger partial charge in [-0.25, -0.2) is 9.78 Å². The predicted octanol–water partition coefficient (Wildman–Crippen LogP) is 2.68. The van der Waals surface area contributed by atoms with Gasteiger partial charge in [-0.3, -0.25) is 0 Å². The molecule has 0 saturated heterocycles. The molecule has 124 valence electrons. The van der Waals surface area contributed by atoms with E-state index < -0.39 is 0 Å². The van der Waals surface area contributed by atoms with E-state index in [4.69, 9.17) is 9.47 Å². The number of nitrogens with one attached hydrogen (secondary N) is 1. The molecule has 1 atom stereocenters. The van der Waals surface area contributed by atoms with Crippen LogP contribution in [0, 0.1) is 5.92 Å². The number of aromatic nitrogens is 2. The SMILES string of the molecule is COC[C@H](C)Nc1nc2cc(C(=O)OC)ccc2n1CC1CC1. The van der Waals surface area contributed by atoms with Crippen molar-refractivity contribution >= 4 is 23.0 Å². The molecule has 0 radical (unpaired) electrons. The molecular weight excluding hydrogens is 294 g/mol. The molecule has 1 heterocycles.